The first-order valence-corrected chi connectivity index (χ1v) is 11.1. The van der Waals surface area contributed by atoms with Gasteiger partial charge in [0.15, 0.2) is 0 Å². The molecule has 1 aliphatic heterocycles. The summed E-state index contributed by atoms with van der Waals surface area (Å²) in [6.07, 6.45) is -0.0350. The lowest BCUT2D eigenvalue weighted by molar-refractivity contribution is -0.121. The molecule has 2 heterocycles. The van der Waals surface area contributed by atoms with Crippen molar-refractivity contribution >= 4 is 51.0 Å². The van der Waals surface area contributed by atoms with Crippen LogP contribution in [0.4, 0.5) is 11.5 Å². The van der Waals surface area contributed by atoms with E-state index in [-0.39, 0.29) is 34.3 Å². The van der Waals surface area contributed by atoms with E-state index in [0.29, 0.717) is 16.8 Å². The lowest BCUT2D eigenvalue weighted by Gasteiger charge is -2.16. The highest BCUT2D eigenvalue weighted by atomic mass is 79.9. The SMILES string of the molecule is N#Cc1c(N)nc(S[C@@H]2CC(=O)N(c3ccc(Br)cc3)C2=O)c(C#N)c1-c1ccccc1. The van der Waals surface area contributed by atoms with E-state index in [0.717, 1.165) is 21.1 Å². The van der Waals surface area contributed by atoms with Crippen LogP contribution in [0.15, 0.2) is 64.1 Å². The fourth-order valence-electron chi connectivity index (χ4n) is 3.47. The molecule has 1 aromatic heterocycles. The van der Waals surface area contributed by atoms with Crippen molar-refractivity contribution in [3.8, 4) is 23.3 Å². The number of rotatable bonds is 4. The quantitative estimate of drug-likeness (QED) is 0.527. The normalized spacial score (nSPS) is 15.5. The van der Waals surface area contributed by atoms with Crippen LogP contribution in [0.1, 0.15) is 17.5 Å². The van der Waals surface area contributed by atoms with Gasteiger partial charge in [-0.1, -0.05) is 58.0 Å². The highest BCUT2D eigenvalue weighted by Gasteiger charge is 2.41. The van der Waals surface area contributed by atoms with Crippen molar-refractivity contribution in [2.75, 3.05) is 10.6 Å². The van der Waals surface area contributed by atoms with Gasteiger partial charge in [-0.05, 0) is 29.8 Å². The number of nitrogen functional groups attached to an aromatic ring is 1. The molecule has 1 atom stereocenters. The third-order valence-electron chi connectivity index (χ3n) is 4.92. The number of nitrogens with two attached hydrogens (primary N) is 1. The number of carbonyl (C=O) groups excluding carboxylic acids is 2. The monoisotopic (exact) mass is 503 g/mol. The second-order valence-electron chi connectivity index (χ2n) is 6.87. The molecule has 3 aromatic rings. The Labute approximate surface area is 196 Å². The van der Waals surface area contributed by atoms with Gasteiger partial charge in [0.25, 0.3) is 0 Å². The molecule has 0 radical (unpaired) electrons. The Morgan fingerprint density at radius 3 is 2.31 bits per heavy atom. The number of nitriles is 2. The number of imide groups is 1. The second-order valence-corrected chi connectivity index (χ2v) is 8.98. The molecule has 2 aromatic carbocycles. The molecule has 1 aliphatic rings. The van der Waals surface area contributed by atoms with Gasteiger partial charge in [0.1, 0.15) is 28.5 Å². The van der Waals surface area contributed by atoms with E-state index >= 15 is 0 Å². The molecule has 4 rings (SSSR count). The van der Waals surface area contributed by atoms with Crippen LogP contribution < -0.4 is 10.6 Å². The van der Waals surface area contributed by atoms with Crippen molar-refractivity contribution in [3.05, 3.63) is 70.2 Å². The Hall–Kier alpha value is -3.66. The molecule has 156 valence electrons. The van der Waals surface area contributed by atoms with Crippen molar-refractivity contribution in [3.63, 3.8) is 0 Å². The van der Waals surface area contributed by atoms with Crippen LogP contribution in [0.2, 0.25) is 0 Å². The second kappa shape index (κ2) is 8.83. The van der Waals surface area contributed by atoms with E-state index < -0.39 is 11.2 Å². The molecule has 2 amide bonds. The van der Waals surface area contributed by atoms with Gasteiger partial charge in [-0.2, -0.15) is 10.5 Å². The van der Waals surface area contributed by atoms with Crippen LogP contribution in [-0.2, 0) is 9.59 Å². The fourth-order valence-corrected chi connectivity index (χ4v) is 4.85. The lowest BCUT2D eigenvalue weighted by Crippen LogP contribution is -2.31. The fraction of sp³-hybridized carbons (Fsp3) is 0.0870. The van der Waals surface area contributed by atoms with Crippen LogP contribution >= 0.6 is 27.7 Å². The van der Waals surface area contributed by atoms with Crippen molar-refractivity contribution in [1.29, 1.82) is 10.5 Å². The maximum Gasteiger partial charge on any atom is 0.247 e. The summed E-state index contributed by atoms with van der Waals surface area (Å²) in [5.74, 6) is -0.759. The minimum atomic E-state index is -0.762. The van der Waals surface area contributed by atoms with E-state index in [9.17, 15) is 20.1 Å². The summed E-state index contributed by atoms with van der Waals surface area (Å²) in [7, 11) is 0. The number of anilines is 2. The lowest BCUT2D eigenvalue weighted by atomic mass is 9.97. The number of pyridine rings is 1. The zero-order chi connectivity index (χ0) is 22.8. The summed E-state index contributed by atoms with van der Waals surface area (Å²) in [5, 5.41) is 19.0. The number of carbonyl (C=O) groups is 2. The number of nitrogens with zero attached hydrogens (tertiary/aromatic N) is 4. The molecule has 1 fully saturated rings. The van der Waals surface area contributed by atoms with E-state index in [2.05, 4.69) is 27.0 Å². The van der Waals surface area contributed by atoms with Gasteiger partial charge in [0.2, 0.25) is 11.8 Å². The van der Waals surface area contributed by atoms with Crippen molar-refractivity contribution in [1.82, 2.24) is 4.98 Å². The number of benzene rings is 2. The zero-order valence-electron chi connectivity index (χ0n) is 16.4. The van der Waals surface area contributed by atoms with E-state index in [4.69, 9.17) is 5.73 Å². The first-order chi connectivity index (χ1) is 15.4. The van der Waals surface area contributed by atoms with Gasteiger partial charge in [0.05, 0.1) is 16.5 Å². The molecular weight excluding hydrogens is 490 g/mol. The molecule has 0 saturated carbocycles. The Kier molecular flexibility index (Phi) is 5.95. The third-order valence-corrected chi connectivity index (χ3v) is 6.62. The molecule has 0 spiro atoms. The number of amides is 2. The van der Waals surface area contributed by atoms with Crippen LogP contribution in [0.5, 0.6) is 0 Å². The highest BCUT2D eigenvalue weighted by molar-refractivity contribution is 9.10. The Morgan fingerprint density at radius 2 is 1.69 bits per heavy atom. The average Bonchev–Trinajstić information content (AvgIpc) is 3.07. The van der Waals surface area contributed by atoms with Crippen molar-refractivity contribution < 1.29 is 9.59 Å². The zero-order valence-corrected chi connectivity index (χ0v) is 18.9. The van der Waals surface area contributed by atoms with E-state index in [1.54, 1.807) is 48.5 Å². The standard InChI is InChI=1S/C23H14BrN5O2S/c24-14-6-8-15(9-7-14)29-19(30)10-18(23(29)31)32-22-17(12-26)20(13-4-2-1-3-5-13)16(11-25)21(27)28-22/h1-9,18H,10H2,(H2,27,28)/t18-/m1/s1. The summed E-state index contributed by atoms with van der Waals surface area (Å²) < 4.78 is 0.829. The van der Waals surface area contributed by atoms with Gasteiger partial charge in [0, 0.05) is 16.5 Å². The minimum absolute atomic E-state index is 0.0330. The maximum atomic E-state index is 13.0. The van der Waals surface area contributed by atoms with Gasteiger partial charge >= 0.3 is 0 Å². The first kappa shape index (κ1) is 21.6. The molecule has 7 nitrogen and oxygen atoms in total. The Morgan fingerprint density at radius 1 is 1.03 bits per heavy atom. The molecule has 0 aliphatic carbocycles. The van der Waals surface area contributed by atoms with Crippen molar-refractivity contribution in [2.24, 2.45) is 0 Å². The van der Waals surface area contributed by atoms with E-state index in [1.807, 2.05) is 12.1 Å². The number of aromatic nitrogens is 1. The van der Waals surface area contributed by atoms with Crippen LogP contribution in [0, 0.1) is 22.7 Å². The van der Waals surface area contributed by atoms with Gasteiger partial charge < -0.3 is 5.73 Å². The highest BCUT2D eigenvalue weighted by Crippen LogP contribution is 2.40. The van der Waals surface area contributed by atoms with Gasteiger partial charge in [-0.15, -0.1) is 0 Å². The van der Waals surface area contributed by atoms with E-state index in [1.165, 1.54) is 0 Å². The summed E-state index contributed by atoms with van der Waals surface area (Å²) in [4.78, 5) is 31.0. The molecule has 9 heteroatoms. The molecule has 0 unspecified atom stereocenters. The first-order valence-electron chi connectivity index (χ1n) is 9.42. The number of hydrogen-bond acceptors (Lipinski definition) is 7. The average molecular weight is 504 g/mol. The number of hydrogen-bond donors (Lipinski definition) is 1. The summed E-state index contributed by atoms with van der Waals surface area (Å²) in [5.41, 5.74) is 7.77. The molecule has 32 heavy (non-hydrogen) atoms. The summed E-state index contributed by atoms with van der Waals surface area (Å²) in [6.45, 7) is 0. The number of halogens is 1. The topological polar surface area (TPSA) is 124 Å². The molecule has 0 bridgehead atoms. The number of thioether (sulfide) groups is 1. The Bertz CT molecular complexity index is 1310. The predicted octanol–water partition coefficient (Wildman–Crippen LogP) is 4.26. The van der Waals surface area contributed by atoms with Gasteiger partial charge in [-0.3, -0.25) is 9.59 Å². The Balaban J connectivity index is 1.74. The predicted molar refractivity (Wildman–Crippen MR) is 124 cm³/mol. The minimum Gasteiger partial charge on any atom is -0.383 e. The molecular formula is C23H14BrN5O2S. The van der Waals surface area contributed by atoms with Crippen LogP contribution in [0.25, 0.3) is 11.1 Å². The largest absolute Gasteiger partial charge is 0.383 e. The molecule has 2 N–H and O–H groups in total. The van der Waals surface area contributed by atoms with Crippen molar-refractivity contribution in [2.45, 2.75) is 16.7 Å². The maximum absolute atomic E-state index is 13.0. The third kappa shape index (κ3) is 3.84. The van der Waals surface area contributed by atoms with Crippen LogP contribution in [-0.4, -0.2) is 22.0 Å². The van der Waals surface area contributed by atoms with Crippen LogP contribution in [0.3, 0.4) is 0 Å². The smallest absolute Gasteiger partial charge is 0.247 e. The summed E-state index contributed by atoms with van der Waals surface area (Å²) >= 11 is 4.35. The summed E-state index contributed by atoms with van der Waals surface area (Å²) in [6, 6.07) is 19.9. The van der Waals surface area contributed by atoms with Gasteiger partial charge in [-0.25, -0.2) is 9.88 Å². The molecule has 1 saturated heterocycles.